The second-order valence-corrected chi connectivity index (χ2v) is 6.15. The van der Waals surface area contributed by atoms with Gasteiger partial charge in [0.25, 0.3) is 0 Å². The van der Waals surface area contributed by atoms with Gasteiger partial charge in [-0.2, -0.15) is 5.10 Å². The zero-order valence-corrected chi connectivity index (χ0v) is 13.2. The largest absolute Gasteiger partial charge is 0.443 e. The Balaban J connectivity index is 2.15. The summed E-state index contributed by atoms with van der Waals surface area (Å²) in [6, 6.07) is 0. The lowest BCUT2D eigenvalue weighted by Crippen LogP contribution is -2.36. The maximum Gasteiger partial charge on any atom is 0.426 e. The van der Waals surface area contributed by atoms with Gasteiger partial charge in [0.2, 0.25) is 0 Å². The second kappa shape index (κ2) is 6.32. The Bertz CT molecular complexity index is 665. The van der Waals surface area contributed by atoms with Crippen LogP contribution in [0.5, 0.6) is 0 Å². The standard InChI is InChI=1S/C12H18ClN7O2/c1-12(2,3)22-11(21)20-19-10-6-5-15-18-9(6)16-8(17-10)4-7(13)14/h5,7H,4,14H2,1-3H3,(H,20,21)(H2,15,16,17,18,19). The summed E-state index contributed by atoms with van der Waals surface area (Å²) in [6.45, 7) is 5.31. The lowest BCUT2D eigenvalue weighted by molar-refractivity contribution is 0.0541. The smallest absolute Gasteiger partial charge is 0.426 e. The average Bonchev–Trinajstić information content (AvgIpc) is 2.81. The minimum absolute atomic E-state index is 0.275. The molecule has 2 aromatic rings. The van der Waals surface area contributed by atoms with Gasteiger partial charge in [-0.15, -0.1) is 11.6 Å². The Kier molecular flexibility index (Phi) is 4.67. The number of hydrogen-bond acceptors (Lipinski definition) is 7. The van der Waals surface area contributed by atoms with Crippen molar-refractivity contribution in [2.24, 2.45) is 5.73 Å². The van der Waals surface area contributed by atoms with E-state index in [0.717, 1.165) is 0 Å². The van der Waals surface area contributed by atoms with Crippen molar-refractivity contribution in [2.75, 3.05) is 5.43 Å². The molecule has 10 heteroatoms. The molecule has 0 saturated carbocycles. The molecule has 5 N–H and O–H groups in total. The Labute approximate surface area is 131 Å². The van der Waals surface area contributed by atoms with Gasteiger partial charge < -0.3 is 10.5 Å². The summed E-state index contributed by atoms with van der Waals surface area (Å²) < 4.78 is 5.13. The third-order valence-electron chi connectivity index (χ3n) is 2.42. The Hall–Kier alpha value is -2.13. The van der Waals surface area contributed by atoms with Gasteiger partial charge in [-0.25, -0.2) is 20.2 Å². The monoisotopic (exact) mass is 327 g/mol. The van der Waals surface area contributed by atoms with Crippen LogP contribution in [0.15, 0.2) is 6.20 Å². The van der Waals surface area contributed by atoms with E-state index in [1.165, 1.54) is 0 Å². The molecule has 0 bridgehead atoms. The summed E-state index contributed by atoms with van der Waals surface area (Å²) in [5.74, 6) is 0.796. The van der Waals surface area contributed by atoms with Crippen LogP contribution in [0.1, 0.15) is 26.6 Å². The lowest BCUT2D eigenvalue weighted by Gasteiger charge is -2.20. The molecule has 9 nitrogen and oxygen atoms in total. The number of fused-ring (bicyclic) bond motifs is 1. The first-order chi connectivity index (χ1) is 10.2. The number of amides is 1. The van der Waals surface area contributed by atoms with Gasteiger partial charge in [-0.1, -0.05) is 0 Å². The van der Waals surface area contributed by atoms with Gasteiger partial charge in [0.1, 0.15) is 11.4 Å². The van der Waals surface area contributed by atoms with Crippen molar-refractivity contribution in [1.82, 2.24) is 25.6 Å². The zero-order valence-electron chi connectivity index (χ0n) is 12.5. The summed E-state index contributed by atoms with van der Waals surface area (Å²) >= 11 is 5.75. The molecular formula is C12H18ClN7O2. The Morgan fingerprint density at radius 3 is 2.86 bits per heavy atom. The van der Waals surface area contributed by atoms with Gasteiger partial charge in [0, 0.05) is 6.42 Å². The van der Waals surface area contributed by atoms with Crippen LogP contribution >= 0.6 is 11.6 Å². The first kappa shape index (κ1) is 16.2. The van der Waals surface area contributed by atoms with Crippen molar-refractivity contribution in [3.63, 3.8) is 0 Å². The summed E-state index contributed by atoms with van der Waals surface area (Å²) in [7, 11) is 0. The third kappa shape index (κ3) is 4.43. The number of aromatic amines is 1. The quantitative estimate of drug-likeness (QED) is 0.378. The van der Waals surface area contributed by atoms with Crippen LogP contribution < -0.4 is 16.6 Å². The fourth-order valence-electron chi connectivity index (χ4n) is 1.66. The van der Waals surface area contributed by atoms with Gasteiger partial charge in [0.05, 0.1) is 17.1 Å². The molecule has 0 saturated heterocycles. The van der Waals surface area contributed by atoms with E-state index in [1.54, 1.807) is 27.0 Å². The number of hydrogen-bond donors (Lipinski definition) is 4. The normalized spacial score (nSPS) is 13.0. The van der Waals surface area contributed by atoms with E-state index < -0.39 is 17.2 Å². The number of nitrogens with one attached hydrogen (secondary N) is 3. The first-order valence-electron chi connectivity index (χ1n) is 6.59. The Morgan fingerprint density at radius 1 is 1.50 bits per heavy atom. The summed E-state index contributed by atoms with van der Waals surface area (Å²) in [5.41, 5.74) is 9.94. The van der Waals surface area contributed by atoms with Gasteiger partial charge >= 0.3 is 6.09 Å². The van der Waals surface area contributed by atoms with E-state index in [9.17, 15) is 4.79 Å². The fourth-order valence-corrected chi connectivity index (χ4v) is 1.79. The van der Waals surface area contributed by atoms with Crippen LogP contribution in [0.25, 0.3) is 11.0 Å². The topological polar surface area (TPSA) is 131 Å². The summed E-state index contributed by atoms with van der Waals surface area (Å²) in [6.07, 6.45) is 1.19. The molecule has 22 heavy (non-hydrogen) atoms. The highest BCUT2D eigenvalue weighted by molar-refractivity contribution is 6.20. The van der Waals surface area contributed by atoms with Gasteiger partial charge in [-0.05, 0) is 20.8 Å². The highest BCUT2D eigenvalue weighted by Crippen LogP contribution is 2.18. The summed E-state index contributed by atoms with van der Waals surface area (Å²) in [4.78, 5) is 20.2. The number of H-pyrrole nitrogens is 1. The highest BCUT2D eigenvalue weighted by atomic mass is 35.5. The molecule has 0 fully saturated rings. The number of ether oxygens (including phenoxy) is 1. The second-order valence-electron chi connectivity index (χ2n) is 5.59. The molecule has 0 radical (unpaired) electrons. The summed E-state index contributed by atoms with van der Waals surface area (Å²) in [5, 5.41) is 7.24. The molecule has 1 amide bonds. The maximum atomic E-state index is 11.7. The number of aromatic nitrogens is 4. The van der Waals surface area contributed by atoms with Crippen molar-refractivity contribution in [2.45, 2.75) is 38.3 Å². The Morgan fingerprint density at radius 2 is 2.23 bits per heavy atom. The molecule has 1 atom stereocenters. The van der Waals surface area contributed by atoms with Crippen LogP contribution in [0, 0.1) is 0 Å². The zero-order chi connectivity index (χ0) is 16.3. The molecule has 2 aromatic heterocycles. The van der Waals surface area contributed by atoms with E-state index in [-0.39, 0.29) is 6.42 Å². The molecule has 0 aliphatic heterocycles. The molecule has 0 aromatic carbocycles. The first-order valence-corrected chi connectivity index (χ1v) is 7.03. The van der Waals surface area contributed by atoms with Crippen LogP contribution in [-0.4, -0.2) is 37.4 Å². The highest BCUT2D eigenvalue weighted by Gasteiger charge is 2.17. The average molecular weight is 328 g/mol. The predicted octanol–water partition coefficient (Wildman–Crippen LogP) is 1.27. The molecule has 0 aliphatic carbocycles. The number of alkyl halides is 1. The van der Waals surface area contributed by atoms with Gasteiger partial charge in [0.15, 0.2) is 11.5 Å². The van der Waals surface area contributed by atoms with Gasteiger partial charge in [-0.3, -0.25) is 10.5 Å². The van der Waals surface area contributed by atoms with E-state index in [1.807, 2.05) is 0 Å². The number of hydrazine groups is 1. The number of nitrogens with two attached hydrogens (primary N) is 1. The number of anilines is 1. The van der Waals surface area contributed by atoms with E-state index in [2.05, 4.69) is 31.0 Å². The van der Waals surface area contributed by atoms with E-state index in [0.29, 0.717) is 22.7 Å². The van der Waals surface area contributed by atoms with E-state index >= 15 is 0 Å². The molecule has 2 rings (SSSR count). The van der Waals surface area contributed by atoms with Crippen molar-refractivity contribution in [1.29, 1.82) is 0 Å². The SMILES string of the molecule is CC(C)(C)OC(=O)NNc1nc(CC(N)Cl)nc2[nH]ncc12. The van der Waals surface area contributed by atoms with E-state index in [4.69, 9.17) is 22.1 Å². The van der Waals surface area contributed by atoms with Crippen molar-refractivity contribution < 1.29 is 9.53 Å². The van der Waals surface area contributed by atoms with Crippen LogP contribution in [0.2, 0.25) is 0 Å². The van der Waals surface area contributed by atoms with Crippen molar-refractivity contribution >= 4 is 34.5 Å². The number of halogens is 1. The minimum atomic E-state index is -0.627. The molecule has 1 unspecified atom stereocenters. The lowest BCUT2D eigenvalue weighted by atomic mass is 10.2. The van der Waals surface area contributed by atoms with Crippen LogP contribution in [0.3, 0.4) is 0 Å². The van der Waals surface area contributed by atoms with Crippen molar-refractivity contribution in [3.05, 3.63) is 12.0 Å². The maximum absolute atomic E-state index is 11.7. The molecular weight excluding hydrogens is 310 g/mol. The molecule has 0 aliphatic rings. The van der Waals surface area contributed by atoms with Crippen molar-refractivity contribution in [3.8, 4) is 0 Å². The number of nitrogens with zero attached hydrogens (tertiary/aromatic N) is 3. The number of carbonyl (C=O) groups excluding carboxylic acids is 1. The third-order valence-corrected chi connectivity index (χ3v) is 2.57. The van der Waals surface area contributed by atoms with Crippen LogP contribution in [-0.2, 0) is 11.2 Å². The molecule has 0 spiro atoms. The minimum Gasteiger partial charge on any atom is -0.443 e. The molecule has 2 heterocycles. The number of carbonyl (C=O) groups is 1. The predicted molar refractivity (Wildman–Crippen MR) is 82.2 cm³/mol. The molecule has 120 valence electrons. The van der Waals surface area contributed by atoms with Crippen LogP contribution in [0.4, 0.5) is 10.6 Å². The number of rotatable bonds is 4. The fraction of sp³-hybridized carbons (Fsp3) is 0.500.